The number of ether oxygens (including phenoxy) is 1. The van der Waals surface area contributed by atoms with Gasteiger partial charge in [0.25, 0.3) is 0 Å². The average Bonchev–Trinajstić information content (AvgIpc) is 2.50. The summed E-state index contributed by atoms with van der Waals surface area (Å²) in [7, 11) is 1.25. The van der Waals surface area contributed by atoms with Gasteiger partial charge in [-0.1, -0.05) is 0 Å². The van der Waals surface area contributed by atoms with Gasteiger partial charge in [-0.2, -0.15) is 0 Å². The van der Waals surface area contributed by atoms with E-state index in [9.17, 15) is 9.59 Å². The van der Waals surface area contributed by atoms with Crippen LogP contribution in [-0.2, 0) is 9.53 Å². The first-order valence-corrected chi connectivity index (χ1v) is 3.74. The minimum Gasteiger partial charge on any atom is -0.480 e. The zero-order chi connectivity index (χ0) is 9.14. The van der Waals surface area contributed by atoms with Gasteiger partial charge in [0.1, 0.15) is 6.04 Å². The van der Waals surface area contributed by atoms with E-state index in [0.29, 0.717) is 13.0 Å². The fraction of sp³-hybridized carbons (Fsp3) is 0.714. The minimum absolute atomic E-state index is 0.476. The van der Waals surface area contributed by atoms with Gasteiger partial charge in [-0.3, -0.25) is 4.90 Å². The molecule has 0 bridgehead atoms. The Morgan fingerprint density at radius 1 is 1.58 bits per heavy atom. The molecule has 1 saturated heterocycles. The maximum atomic E-state index is 11.0. The van der Waals surface area contributed by atoms with Gasteiger partial charge in [0.2, 0.25) is 0 Å². The molecule has 0 aromatic rings. The fourth-order valence-corrected chi connectivity index (χ4v) is 1.36. The normalized spacial score (nSPS) is 22.4. The van der Waals surface area contributed by atoms with Crippen molar-refractivity contribution in [2.45, 2.75) is 18.9 Å². The molecule has 1 amide bonds. The van der Waals surface area contributed by atoms with E-state index in [-0.39, 0.29) is 0 Å². The molecule has 5 heteroatoms. The summed E-state index contributed by atoms with van der Waals surface area (Å²) in [6.07, 6.45) is 0.691. The molecule has 1 aliphatic heterocycles. The maximum Gasteiger partial charge on any atom is 0.410 e. The van der Waals surface area contributed by atoms with E-state index in [1.165, 1.54) is 12.0 Å². The third-order valence-corrected chi connectivity index (χ3v) is 1.95. The van der Waals surface area contributed by atoms with E-state index in [1.54, 1.807) is 0 Å². The van der Waals surface area contributed by atoms with Crippen LogP contribution in [0.2, 0.25) is 0 Å². The molecule has 0 unspecified atom stereocenters. The highest BCUT2D eigenvalue weighted by Gasteiger charge is 2.34. The summed E-state index contributed by atoms with van der Waals surface area (Å²) in [6.45, 7) is 0.476. The van der Waals surface area contributed by atoms with Crippen molar-refractivity contribution in [2.75, 3.05) is 13.7 Å². The van der Waals surface area contributed by atoms with Gasteiger partial charge in [0, 0.05) is 6.54 Å². The predicted molar refractivity (Wildman–Crippen MR) is 39.8 cm³/mol. The molecule has 1 rings (SSSR count). The van der Waals surface area contributed by atoms with Gasteiger partial charge in [-0.05, 0) is 12.8 Å². The number of carboxylic acid groups (broad SMARTS) is 1. The lowest BCUT2D eigenvalue weighted by Crippen LogP contribution is -2.40. The molecular formula is C7H11NO4. The Kier molecular flexibility index (Phi) is 2.52. The van der Waals surface area contributed by atoms with Crippen LogP contribution in [0.1, 0.15) is 12.8 Å². The molecule has 12 heavy (non-hydrogen) atoms. The third-order valence-electron chi connectivity index (χ3n) is 1.95. The summed E-state index contributed by atoms with van der Waals surface area (Å²) >= 11 is 0. The number of rotatable bonds is 1. The van der Waals surface area contributed by atoms with Gasteiger partial charge in [-0.25, -0.2) is 9.59 Å². The van der Waals surface area contributed by atoms with Crippen molar-refractivity contribution in [3.05, 3.63) is 0 Å². The number of carbonyl (C=O) groups is 2. The molecule has 0 spiro atoms. The molecule has 68 valence electrons. The van der Waals surface area contributed by atoms with E-state index in [2.05, 4.69) is 4.74 Å². The number of amides is 1. The molecule has 0 aromatic heterocycles. The van der Waals surface area contributed by atoms with Gasteiger partial charge < -0.3 is 9.84 Å². The lowest BCUT2D eigenvalue weighted by atomic mass is 10.2. The first kappa shape index (κ1) is 8.83. The standard InChI is InChI=1S/C7H11NO4/c1-12-7(11)8-4-2-3-5(8)6(9)10/h5H,2-4H2,1H3,(H,9,10)/t5-/m1/s1. The molecule has 1 fully saturated rings. The molecule has 0 radical (unpaired) electrons. The van der Waals surface area contributed by atoms with Crippen LogP contribution >= 0.6 is 0 Å². The Hall–Kier alpha value is -1.26. The van der Waals surface area contributed by atoms with Crippen LogP contribution in [0, 0.1) is 0 Å². The zero-order valence-electron chi connectivity index (χ0n) is 6.82. The molecule has 1 aliphatic rings. The number of carboxylic acids is 1. The molecule has 0 saturated carbocycles. The first-order chi connectivity index (χ1) is 5.66. The smallest absolute Gasteiger partial charge is 0.410 e. The number of hydrogen-bond acceptors (Lipinski definition) is 3. The Bertz CT molecular complexity index is 204. The van der Waals surface area contributed by atoms with Gasteiger partial charge in [0.05, 0.1) is 7.11 Å². The quantitative estimate of drug-likeness (QED) is 0.619. The van der Waals surface area contributed by atoms with Crippen molar-refractivity contribution in [3.8, 4) is 0 Å². The highest BCUT2D eigenvalue weighted by Crippen LogP contribution is 2.17. The second-order valence-corrected chi connectivity index (χ2v) is 2.66. The van der Waals surface area contributed by atoms with Crippen LogP contribution in [0.15, 0.2) is 0 Å². The number of hydrogen-bond donors (Lipinski definition) is 1. The highest BCUT2D eigenvalue weighted by atomic mass is 16.5. The van der Waals surface area contributed by atoms with Crippen LogP contribution < -0.4 is 0 Å². The summed E-state index contributed by atoms with van der Waals surface area (Å²) in [5.41, 5.74) is 0. The monoisotopic (exact) mass is 173 g/mol. The average molecular weight is 173 g/mol. The largest absolute Gasteiger partial charge is 0.480 e. The van der Waals surface area contributed by atoms with Gasteiger partial charge in [0.15, 0.2) is 0 Å². The summed E-state index contributed by atoms with van der Waals surface area (Å²) in [5, 5.41) is 8.68. The third kappa shape index (κ3) is 1.49. The second kappa shape index (κ2) is 3.42. The number of nitrogens with zero attached hydrogens (tertiary/aromatic N) is 1. The van der Waals surface area contributed by atoms with E-state index in [0.717, 1.165) is 6.42 Å². The van der Waals surface area contributed by atoms with E-state index in [4.69, 9.17) is 5.11 Å². The minimum atomic E-state index is -0.960. The Balaban J connectivity index is 2.63. The van der Waals surface area contributed by atoms with Crippen LogP contribution in [0.4, 0.5) is 4.79 Å². The van der Waals surface area contributed by atoms with E-state index < -0.39 is 18.1 Å². The number of carbonyl (C=O) groups excluding carboxylic acids is 1. The Morgan fingerprint density at radius 2 is 2.25 bits per heavy atom. The van der Waals surface area contributed by atoms with Gasteiger partial charge in [-0.15, -0.1) is 0 Å². The number of likely N-dealkylation sites (tertiary alicyclic amines) is 1. The zero-order valence-corrected chi connectivity index (χ0v) is 6.82. The lowest BCUT2D eigenvalue weighted by molar-refractivity contribution is -0.141. The van der Waals surface area contributed by atoms with E-state index in [1.807, 2.05) is 0 Å². The Labute approximate surface area is 69.9 Å². The van der Waals surface area contributed by atoms with Crippen molar-refractivity contribution < 1.29 is 19.4 Å². The molecule has 1 N–H and O–H groups in total. The summed E-state index contributed by atoms with van der Waals surface area (Å²) in [6, 6.07) is -0.697. The fourth-order valence-electron chi connectivity index (χ4n) is 1.36. The summed E-state index contributed by atoms with van der Waals surface area (Å²) in [5.74, 6) is -0.960. The number of methoxy groups -OCH3 is 1. The SMILES string of the molecule is COC(=O)N1CCC[C@@H]1C(=O)O. The van der Waals surface area contributed by atoms with E-state index >= 15 is 0 Å². The number of aliphatic carboxylic acids is 1. The summed E-state index contributed by atoms with van der Waals surface area (Å²) < 4.78 is 4.44. The van der Waals surface area contributed by atoms with Crippen molar-refractivity contribution >= 4 is 12.1 Å². The van der Waals surface area contributed by atoms with Crippen molar-refractivity contribution in [1.29, 1.82) is 0 Å². The van der Waals surface area contributed by atoms with Crippen molar-refractivity contribution in [3.63, 3.8) is 0 Å². The lowest BCUT2D eigenvalue weighted by Gasteiger charge is -2.19. The van der Waals surface area contributed by atoms with Crippen LogP contribution in [0.3, 0.4) is 0 Å². The second-order valence-electron chi connectivity index (χ2n) is 2.66. The molecular weight excluding hydrogens is 162 g/mol. The van der Waals surface area contributed by atoms with Crippen LogP contribution in [0.25, 0.3) is 0 Å². The first-order valence-electron chi connectivity index (χ1n) is 3.74. The summed E-state index contributed by atoms with van der Waals surface area (Å²) in [4.78, 5) is 22.8. The van der Waals surface area contributed by atoms with Crippen molar-refractivity contribution in [1.82, 2.24) is 4.90 Å². The van der Waals surface area contributed by atoms with Gasteiger partial charge >= 0.3 is 12.1 Å². The Morgan fingerprint density at radius 3 is 2.75 bits per heavy atom. The molecule has 1 heterocycles. The van der Waals surface area contributed by atoms with Crippen LogP contribution in [-0.4, -0.2) is 41.8 Å². The topological polar surface area (TPSA) is 66.8 Å². The predicted octanol–water partition coefficient (Wildman–Crippen LogP) is 0.302. The molecule has 0 aromatic carbocycles. The molecule has 5 nitrogen and oxygen atoms in total. The highest BCUT2D eigenvalue weighted by molar-refractivity contribution is 5.80. The maximum absolute atomic E-state index is 11.0. The van der Waals surface area contributed by atoms with Crippen LogP contribution in [0.5, 0.6) is 0 Å². The van der Waals surface area contributed by atoms with Crippen molar-refractivity contribution in [2.24, 2.45) is 0 Å². The molecule has 1 atom stereocenters. The molecule has 0 aliphatic carbocycles.